The molecule has 92 valence electrons. The van der Waals surface area contributed by atoms with Crippen LogP contribution in [0, 0.1) is 6.92 Å². The van der Waals surface area contributed by atoms with Crippen LogP contribution in [0.25, 0.3) is 0 Å². The molecule has 1 aliphatic carbocycles. The first-order valence-corrected chi connectivity index (χ1v) is 6.19. The Balaban J connectivity index is 2.34. The number of carboxylic acids is 1. The SMILES string of the molecule is CCC1(Nc2c(C)cccc2C(=O)O)CCC1. The van der Waals surface area contributed by atoms with E-state index in [0.29, 0.717) is 5.56 Å². The van der Waals surface area contributed by atoms with Gasteiger partial charge >= 0.3 is 5.97 Å². The van der Waals surface area contributed by atoms with Crippen molar-refractivity contribution in [2.75, 3.05) is 5.32 Å². The van der Waals surface area contributed by atoms with Gasteiger partial charge in [-0.05, 0) is 44.2 Å². The monoisotopic (exact) mass is 233 g/mol. The van der Waals surface area contributed by atoms with Crippen molar-refractivity contribution in [1.82, 2.24) is 0 Å². The lowest BCUT2D eigenvalue weighted by Crippen LogP contribution is -2.44. The Morgan fingerprint density at radius 1 is 1.47 bits per heavy atom. The zero-order valence-electron chi connectivity index (χ0n) is 10.4. The van der Waals surface area contributed by atoms with Gasteiger partial charge < -0.3 is 10.4 Å². The number of para-hydroxylation sites is 1. The molecule has 17 heavy (non-hydrogen) atoms. The molecule has 0 bridgehead atoms. The van der Waals surface area contributed by atoms with Crippen molar-refractivity contribution in [1.29, 1.82) is 0 Å². The van der Waals surface area contributed by atoms with Crippen LogP contribution in [0.5, 0.6) is 0 Å². The first-order chi connectivity index (χ1) is 8.08. The first-order valence-electron chi connectivity index (χ1n) is 6.19. The molecule has 0 saturated heterocycles. The number of rotatable bonds is 4. The minimum atomic E-state index is -0.859. The van der Waals surface area contributed by atoms with Gasteiger partial charge in [0.15, 0.2) is 0 Å². The molecule has 1 fully saturated rings. The molecular formula is C14H19NO2. The molecule has 3 heteroatoms. The van der Waals surface area contributed by atoms with Crippen molar-refractivity contribution in [3.05, 3.63) is 29.3 Å². The summed E-state index contributed by atoms with van der Waals surface area (Å²) in [4.78, 5) is 11.2. The quantitative estimate of drug-likeness (QED) is 0.837. The van der Waals surface area contributed by atoms with Crippen molar-refractivity contribution >= 4 is 11.7 Å². The van der Waals surface area contributed by atoms with Gasteiger partial charge in [0.2, 0.25) is 0 Å². The van der Waals surface area contributed by atoms with Crippen molar-refractivity contribution in [2.24, 2.45) is 0 Å². The molecule has 2 N–H and O–H groups in total. The molecule has 0 unspecified atom stereocenters. The van der Waals surface area contributed by atoms with E-state index in [1.54, 1.807) is 12.1 Å². The van der Waals surface area contributed by atoms with Crippen LogP contribution in [0.1, 0.15) is 48.5 Å². The van der Waals surface area contributed by atoms with E-state index in [0.717, 1.165) is 30.5 Å². The van der Waals surface area contributed by atoms with E-state index in [9.17, 15) is 9.90 Å². The highest BCUT2D eigenvalue weighted by molar-refractivity contribution is 5.95. The fraction of sp³-hybridized carbons (Fsp3) is 0.500. The Bertz CT molecular complexity index is 430. The Morgan fingerprint density at radius 2 is 2.18 bits per heavy atom. The summed E-state index contributed by atoms with van der Waals surface area (Å²) >= 11 is 0. The maximum atomic E-state index is 11.2. The molecular weight excluding hydrogens is 214 g/mol. The summed E-state index contributed by atoms with van der Waals surface area (Å²) in [5.41, 5.74) is 2.30. The summed E-state index contributed by atoms with van der Waals surface area (Å²) in [5.74, 6) is -0.859. The second-order valence-corrected chi connectivity index (χ2v) is 4.92. The summed E-state index contributed by atoms with van der Waals surface area (Å²) in [6.45, 7) is 4.11. The molecule has 0 heterocycles. The van der Waals surface area contributed by atoms with Crippen LogP contribution >= 0.6 is 0 Å². The van der Waals surface area contributed by atoms with E-state index in [-0.39, 0.29) is 5.54 Å². The Morgan fingerprint density at radius 3 is 2.65 bits per heavy atom. The number of hydrogen-bond donors (Lipinski definition) is 2. The maximum Gasteiger partial charge on any atom is 0.337 e. The minimum absolute atomic E-state index is 0.121. The molecule has 0 atom stereocenters. The van der Waals surface area contributed by atoms with Gasteiger partial charge in [-0.1, -0.05) is 19.1 Å². The fourth-order valence-corrected chi connectivity index (χ4v) is 2.45. The first kappa shape index (κ1) is 12.0. The van der Waals surface area contributed by atoms with Crippen LogP contribution in [-0.2, 0) is 0 Å². The molecule has 3 nitrogen and oxygen atoms in total. The van der Waals surface area contributed by atoms with Gasteiger partial charge in [0, 0.05) is 5.54 Å². The number of anilines is 1. The van der Waals surface area contributed by atoms with Crippen molar-refractivity contribution in [2.45, 2.75) is 45.1 Å². The summed E-state index contributed by atoms with van der Waals surface area (Å²) < 4.78 is 0. The number of aromatic carboxylic acids is 1. The van der Waals surface area contributed by atoms with E-state index in [1.165, 1.54) is 6.42 Å². The second-order valence-electron chi connectivity index (χ2n) is 4.92. The van der Waals surface area contributed by atoms with Gasteiger partial charge in [0.05, 0.1) is 11.3 Å². The lowest BCUT2D eigenvalue weighted by Gasteiger charge is -2.43. The number of carbonyl (C=O) groups is 1. The Kier molecular flexibility index (Phi) is 3.09. The number of aryl methyl sites for hydroxylation is 1. The van der Waals surface area contributed by atoms with Crippen LogP contribution < -0.4 is 5.32 Å². The van der Waals surface area contributed by atoms with E-state index < -0.39 is 5.97 Å². The van der Waals surface area contributed by atoms with Gasteiger partial charge in [-0.15, -0.1) is 0 Å². The summed E-state index contributed by atoms with van der Waals surface area (Å²) in [5, 5.41) is 12.7. The Hall–Kier alpha value is -1.51. The van der Waals surface area contributed by atoms with Crippen molar-refractivity contribution in [3.8, 4) is 0 Å². The van der Waals surface area contributed by atoms with Gasteiger partial charge in [-0.3, -0.25) is 0 Å². The van der Waals surface area contributed by atoms with E-state index in [4.69, 9.17) is 0 Å². The highest BCUT2D eigenvalue weighted by atomic mass is 16.4. The van der Waals surface area contributed by atoms with E-state index in [1.807, 2.05) is 13.0 Å². The smallest absolute Gasteiger partial charge is 0.337 e. The van der Waals surface area contributed by atoms with Crippen LogP contribution in [0.2, 0.25) is 0 Å². The predicted molar refractivity (Wildman–Crippen MR) is 68.6 cm³/mol. The predicted octanol–water partition coefficient (Wildman–Crippen LogP) is 3.44. The van der Waals surface area contributed by atoms with Crippen LogP contribution in [-0.4, -0.2) is 16.6 Å². The van der Waals surface area contributed by atoms with Gasteiger partial charge in [0.25, 0.3) is 0 Å². The van der Waals surface area contributed by atoms with Gasteiger partial charge in [-0.2, -0.15) is 0 Å². The van der Waals surface area contributed by atoms with Gasteiger partial charge in [0.1, 0.15) is 0 Å². The third-order valence-electron chi connectivity index (χ3n) is 3.88. The minimum Gasteiger partial charge on any atom is -0.478 e. The lowest BCUT2D eigenvalue weighted by molar-refractivity contribution is 0.0697. The molecule has 0 spiro atoms. The van der Waals surface area contributed by atoms with E-state index in [2.05, 4.69) is 12.2 Å². The average Bonchev–Trinajstić information content (AvgIpc) is 2.25. The number of benzene rings is 1. The Labute approximate surface area is 102 Å². The highest BCUT2D eigenvalue weighted by Gasteiger charge is 2.35. The van der Waals surface area contributed by atoms with Crippen LogP contribution in [0.3, 0.4) is 0 Å². The third-order valence-corrected chi connectivity index (χ3v) is 3.88. The van der Waals surface area contributed by atoms with Gasteiger partial charge in [-0.25, -0.2) is 4.79 Å². The normalized spacial score (nSPS) is 17.3. The van der Waals surface area contributed by atoms with E-state index >= 15 is 0 Å². The number of hydrogen-bond acceptors (Lipinski definition) is 2. The summed E-state index contributed by atoms with van der Waals surface area (Å²) in [6.07, 6.45) is 4.54. The standard InChI is InChI=1S/C14H19NO2/c1-3-14(8-5-9-14)15-12-10(2)6-4-7-11(12)13(16)17/h4,6-7,15H,3,5,8-9H2,1-2H3,(H,16,17). The summed E-state index contributed by atoms with van der Waals surface area (Å²) in [6, 6.07) is 5.42. The third kappa shape index (κ3) is 2.14. The van der Waals surface area contributed by atoms with Crippen LogP contribution in [0.15, 0.2) is 18.2 Å². The maximum absolute atomic E-state index is 11.2. The zero-order chi connectivity index (χ0) is 12.5. The zero-order valence-corrected chi connectivity index (χ0v) is 10.4. The average molecular weight is 233 g/mol. The fourth-order valence-electron chi connectivity index (χ4n) is 2.45. The van der Waals surface area contributed by atoms with Crippen molar-refractivity contribution < 1.29 is 9.90 Å². The lowest BCUT2D eigenvalue weighted by atomic mass is 9.74. The van der Waals surface area contributed by atoms with Crippen LogP contribution in [0.4, 0.5) is 5.69 Å². The molecule has 1 aromatic carbocycles. The molecule has 0 aromatic heterocycles. The molecule has 1 aliphatic rings. The highest BCUT2D eigenvalue weighted by Crippen LogP contribution is 2.39. The second kappa shape index (κ2) is 4.40. The topological polar surface area (TPSA) is 49.3 Å². The number of carboxylic acid groups (broad SMARTS) is 1. The summed E-state index contributed by atoms with van der Waals surface area (Å²) in [7, 11) is 0. The molecule has 1 saturated carbocycles. The molecule has 2 rings (SSSR count). The molecule has 1 aromatic rings. The largest absolute Gasteiger partial charge is 0.478 e. The molecule has 0 amide bonds. The van der Waals surface area contributed by atoms with Crippen molar-refractivity contribution in [3.63, 3.8) is 0 Å². The molecule has 0 radical (unpaired) electrons. The number of nitrogens with one attached hydrogen (secondary N) is 1. The molecule has 0 aliphatic heterocycles.